The summed E-state index contributed by atoms with van der Waals surface area (Å²) in [5.74, 6) is -0.403. The monoisotopic (exact) mass is 163 g/mol. The highest BCUT2D eigenvalue weighted by Gasteiger charge is 1.76. The summed E-state index contributed by atoms with van der Waals surface area (Å²) in [6, 6.07) is 0. The number of amides is 1. The first-order valence-corrected chi connectivity index (χ1v) is 2.91. The third-order valence-electron chi connectivity index (χ3n) is 0.371. The standard InChI is InChI=1S/C4H6BrNO/c5-3-1-2-4(6)7/h1-2H,3H2,(H2,6,7). The van der Waals surface area contributed by atoms with Gasteiger partial charge in [0.25, 0.3) is 0 Å². The van der Waals surface area contributed by atoms with Crippen LogP contribution in [0.25, 0.3) is 0 Å². The maximum atomic E-state index is 9.87. The predicted octanol–water partition coefficient (Wildman–Crippen LogP) is 0.423. The largest absolute Gasteiger partial charge is 0.366 e. The summed E-state index contributed by atoms with van der Waals surface area (Å²) in [6.07, 6.45) is 2.96. The van der Waals surface area contributed by atoms with E-state index in [2.05, 4.69) is 15.9 Å². The Kier molecular flexibility index (Phi) is 3.69. The van der Waals surface area contributed by atoms with Gasteiger partial charge in [0.1, 0.15) is 0 Å². The first-order valence-electron chi connectivity index (χ1n) is 1.79. The van der Waals surface area contributed by atoms with Crippen molar-refractivity contribution in [1.82, 2.24) is 0 Å². The number of hydrogen-bond donors (Lipinski definition) is 1. The molecule has 0 unspecified atom stereocenters. The van der Waals surface area contributed by atoms with Crippen LogP contribution in [-0.4, -0.2) is 11.2 Å². The Bertz CT molecular complexity index is 89.7. The van der Waals surface area contributed by atoms with Crippen molar-refractivity contribution in [3.05, 3.63) is 12.2 Å². The number of rotatable bonds is 2. The van der Waals surface area contributed by atoms with Gasteiger partial charge in [0.2, 0.25) is 5.91 Å². The molecule has 0 heterocycles. The van der Waals surface area contributed by atoms with Crippen LogP contribution in [-0.2, 0) is 4.79 Å². The highest BCUT2D eigenvalue weighted by atomic mass is 79.9. The van der Waals surface area contributed by atoms with Crippen LogP contribution in [0.15, 0.2) is 12.2 Å². The second-order valence-corrected chi connectivity index (χ2v) is 1.61. The molecule has 7 heavy (non-hydrogen) atoms. The molecule has 0 bridgehead atoms. The van der Waals surface area contributed by atoms with Gasteiger partial charge in [0.15, 0.2) is 0 Å². The van der Waals surface area contributed by atoms with Crippen LogP contribution in [0.4, 0.5) is 0 Å². The molecule has 3 heteroatoms. The van der Waals surface area contributed by atoms with Crippen molar-refractivity contribution in [3.8, 4) is 0 Å². The van der Waals surface area contributed by atoms with E-state index >= 15 is 0 Å². The molecule has 0 radical (unpaired) electrons. The van der Waals surface area contributed by atoms with Crippen molar-refractivity contribution in [2.75, 3.05) is 5.33 Å². The van der Waals surface area contributed by atoms with Gasteiger partial charge in [0.05, 0.1) is 0 Å². The van der Waals surface area contributed by atoms with E-state index in [0.717, 1.165) is 0 Å². The normalized spacial score (nSPS) is 9.86. The van der Waals surface area contributed by atoms with E-state index in [-0.39, 0.29) is 0 Å². The van der Waals surface area contributed by atoms with Gasteiger partial charge in [-0.1, -0.05) is 22.0 Å². The molecule has 2 N–H and O–H groups in total. The third kappa shape index (κ3) is 5.69. The van der Waals surface area contributed by atoms with Crippen LogP contribution in [0.1, 0.15) is 0 Å². The van der Waals surface area contributed by atoms with Gasteiger partial charge in [-0.3, -0.25) is 4.79 Å². The fourth-order valence-electron chi connectivity index (χ4n) is 0.161. The van der Waals surface area contributed by atoms with E-state index < -0.39 is 5.91 Å². The summed E-state index contributed by atoms with van der Waals surface area (Å²) in [5, 5.41) is 0.677. The van der Waals surface area contributed by atoms with E-state index in [1.807, 2.05) is 0 Å². The highest BCUT2D eigenvalue weighted by molar-refractivity contribution is 9.09. The lowest BCUT2D eigenvalue weighted by Gasteiger charge is -1.73. The Morgan fingerprint density at radius 2 is 2.43 bits per heavy atom. The molecule has 0 atom stereocenters. The summed E-state index contributed by atoms with van der Waals surface area (Å²) >= 11 is 3.08. The molecule has 0 saturated heterocycles. The molecular weight excluding hydrogens is 158 g/mol. The molecule has 0 spiro atoms. The minimum atomic E-state index is -0.403. The van der Waals surface area contributed by atoms with Crippen LogP contribution in [0.5, 0.6) is 0 Å². The molecule has 0 rings (SSSR count). The molecule has 0 aliphatic heterocycles. The highest BCUT2D eigenvalue weighted by Crippen LogP contribution is 1.78. The second-order valence-electron chi connectivity index (χ2n) is 0.959. The van der Waals surface area contributed by atoms with Gasteiger partial charge >= 0.3 is 0 Å². The molecular formula is C4H6BrNO. The van der Waals surface area contributed by atoms with Crippen molar-refractivity contribution < 1.29 is 4.79 Å². The number of primary amides is 1. The number of carbonyl (C=O) groups is 1. The molecule has 2 nitrogen and oxygen atoms in total. The van der Waals surface area contributed by atoms with Gasteiger partial charge in [-0.05, 0) is 6.08 Å². The molecule has 0 aromatic carbocycles. The summed E-state index contributed by atoms with van der Waals surface area (Å²) in [5.41, 5.74) is 4.73. The summed E-state index contributed by atoms with van der Waals surface area (Å²) in [7, 11) is 0. The van der Waals surface area contributed by atoms with Gasteiger partial charge in [-0.2, -0.15) is 0 Å². The maximum Gasteiger partial charge on any atom is 0.241 e. The molecule has 0 aliphatic rings. The van der Waals surface area contributed by atoms with Crippen LogP contribution < -0.4 is 5.73 Å². The quantitative estimate of drug-likeness (QED) is 0.466. The summed E-state index contributed by atoms with van der Waals surface area (Å²) < 4.78 is 0. The van der Waals surface area contributed by atoms with E-state index in [9.17, 15) is 4.79 Å². The Morgan fingerprint density at radius 3 is 2.57 bits per heavy atom. The number of allylic oxidation sites excluding steroid dienone is 1. The van der Waals surface area contributed by atoms with Crippen molar-refractivity contribution in [3.63, 3.8) is 0 Å². The number of hydrogen-bond acceptors (Lipinski definition) is 1. The van der Waals surface area contributed by atoms with Crippen molar-refractivity contribution >= 4 is 21.8 Å². The minimum absolute atomic E-state index is 0.403. The van der Waals surface area contributed by atoms with E-state index in [1.54, 1.807) is 6.08 Å². The van der Waals surface area contributed by atoms with Gasteiger partial charge < -0.3 is 5.73 Å². The Hall–Kier alpha value is -0.310. The predicted molar refractivity (Wildman–Crippen MR) is 32.1 cm³/mol. The number of halogens is 1. The minimum Gasteiger partial charge on any atom is -0.366 e. The van der Waals surface area contributed by atoms with Gasteiger partial charge in [0, 0.05) is 5.33 Å². The zero-order chi connectivity index (χ0) is 5.70. The summed E-state index contributed by atoms with van der Waals surface area (Å²) in [6.45, 7) is 0. The molecule has 0 aliphatic carbocycles. The third-order valence-corrected chi connectivity index (χ3v) is 0.745. The molecule has 40 valence electrons. The van der Waals surface area contributed by atoms with Gasteiger partial charge in [-0.25, -0.2) is 0 Å². The van der Waals surface area contributed by atoms with Crippen molar-refractivity contribution in [1.29, 1.82) is 0 Å². The molecule has 0 fully saturated rings. The SMILES string of the molecule is NC(=O)C=CCBr. The smallest absolute Gasteiger partial charge is 0.241 e. The molecule has 1 amide bonds. The average Bonchev–Trinajstić information content (AvgIpc) is 1.61. The zero-order valence-electron chi connectivity index (χ0n) is 3.73. The van der Waals surface area contributed by atoms with Crippen LogP contribution in [0.3, 0.4) is 0 Å². The molecule has 0 aromatic heterocycles. The van der Waals surface area contributed by atoms with Crippen molar-refractivity contribution in [2.24, 2.45) is 5.73 Å². The first-order chi connectivity index (χ1) is 3.27. The van der Waals surface area contributed by atoms with E-state index in [0.29, 0.717) is 5.33 Å². The van der Waals surface area contributed by atoms with E-state index in [1.165, 1.54) is 6.08 Å². The zero-order valence-corrected chi connectivity index (χ0v) is 5.31. The second kappa shape index (κ2) is 3.87. The lowest BCUT2D eigenvalue weighted by atomic mass is 10.5. The number of carbonyl (C=O) groups excluding carboxylic acids is 1. The fraction of sp³-hybridized carbons (Fsp3) is 0.250. The molecule has 0 saturated carbocycles. The van der Waals surface area contributed by atoms with Crippen LogP contribution >= 0.6 is 15.9 Å². The lowest BCUT2D eigenvalue weighted by molar-refractivity contribution is -0.113. The van der Waals surface area contributed by atoms with Crippen LogP contribution in [0.2, 0.25) is 0 Å². The summed E-state index contributed by atoms with van der Waals surface area (Å²) in [4.78, 5) is 9.87. The molecule has 0 aromatic rings. The Balaban J connectivity index is 3.26. The van der Waals surface area contributed by atoms with Gasteiger partial charge in [-0.15, -0.1) is 0 Å². The Morgan fingerprint density at radius 1 is 1.86 bits per heavy atom. The fourth-order valence-corrected chi connectivity index (χ4v) is 0.348. The maximum absolute atomic E-state index is 9.87. The lowest BCUT2D eigenvalue weighted by Crippen LogP contribution is -2.05. The van der Waals surface area contributed by atoms with Crippen LogP contribution in [0, 0.1) is 0 Å². The van der Waals surface area contributed by atoms with Crippen molar-refractivity contribution in [2.45, 2.75) is 0 Å². The average molecular weight is 164 g/mol. The number of nitrogens with two attached hydrogens (primary N) is 1. The topological polar surface area (TPSA) is 43.1 Å². The number of alkyl halides is 1. The first kappa shape index (κ1) is 6.69. The Labute approximate surface area is 50.5 Å². The van der Waals surface area contributed by atoms with E-state index in [4.69, 9.17) is 5.73 Å².